The average Bonchev–Trinajstić information content (AvgIpc) is 2.54. The minimum atomic E-state index is -0.344. The zero-order valence-electron chi connectivity index (χ0n) is 11.8. The fourth-order valence-corrected chi connectivity index (χ4v) is 2.91. The Bertz CT molecular complexity index is 402. The molecule has 102 valence electrons. The van der Waals surface area contributed by atoms with Gasteiger partial charge in [-0.25, -0.2) is 0 Å². The molecule has 0 aliphatic carbocycles. The van der Waals surface area contributed by atoms with Crippen molar-refractivity contribution in [2.75, 3.05) is 6.54 Å². The van der Waals surface area contributed by atoms with Crippen LogP contribution in [0.15, 0.2) is 6.07 Å². The Kier molecular flexibility index (Phi) is 4.93. The van der Waals surface area contributed by atoms with Gasteiger partial charge in [-0.05, 0) is 44.2 Å². The summed E-state index contributed by atoms with van der Waals surface area (Å²) in [5, 5.41) is 12.3. The molecule has 0 bridgehead atoms. The molecule has 0 spiro atoms. The number of aryl methyl sites for hydroxylation is 2. The molecule has 0 fully saturated rings. The van der Waals surface area contributed by atoms with Gasteiger partial charge in [-0.2, -0.15) is 0 Å². The SMILES string of the molecule is Cc1cc(C(=O)NCC(C)(C)CC(C)O)sc1C. The topological polar surface area (TPSA) is 49.3 Å². The molecule has 1 rings (SSSR count). The van der Waals surface area contributed by atoms with Crippen molar-refractivity contribution in [3.05, 3.63) is 21.4 Å². The molecule has 18 heavy (non-hydrogen) atoms. The summed E-state index contributed by atoms with van der Waals surface area (Å²) in [6.07, 6.45) is 0.332. The number of amides is 1. The summed E-state index contributed by atoms with van der Waals surface area (Å²) in [4.78, 5) is 13.9. The number of hydrogen-bond acceptors (Lipinski definition) is 3. The Morgan fingerprint density at radius 2 is 2.11 bits per heavy atom. The third kappa shape index (κ3) is 4.42. The van der Waals surface area contributed by atoms with Gasteiger partial charge in [0.15, 0.2) is 0 Å². The zero-order chi connectivity index (χ0) is 13.9. The molecular formula is C14H23NO2S. The van der Waals surface area contributed by atoms with E-state index >= 15 is 0 Å². The van der Waals surface area contributed by atoms with Crippen LogP contribution in [0.5, 0.6) is 0 Å². The van der Waals surface area contributed by atoms with Gasteiger partial charge in [-0.1, -0.05) is 13.8 Å². The smallest absolute Gasteiger partial charge is 0.261 e. The van der Waals surface area contributed by atoms with E-state index in [1.54, 1.807) is 6.92 Å². The first-order chi connectivity index (χ1) is 8.21. The molecule has 4 heteroatoms. The van der Waals surface area contributed by atoms with Crippen LogP contribution in [-0.2, 0) is 0 Å². The van der Waals surface area contributed by atoms with Crippen molar-refractivity contribution in [2.24, 2.45) is 5.41 Å². The average molecular weight is 269 g/mol. The van der Waals surface area contributed by atoms with E-state index in [9.17, 15) is 9.90 Å². The van der Waals surface area contributed by atoms with Gasteiger partial charge in [0.05, 0.1) is 11.0 Å². The summed E-state index contributed by atoms with van der Waals surface area (Å²) in [6.45, 7) is 10.5. The Labute approximate surface area is 113 Å². The van der Waals surface area contributed by atoms with Crippen LogP contribution >= 0.6 is 11.3 Å². The van der Waals surface area contributed by atoms with Crippen molar-refractivity contribution in [1.29, 1.82) is 0 Å². The van der Waals surface area contributed by atoms with Crippen molar-refractivity contribution >= 4 is 17.2 Å². The van der Waals surface area contributed by atoms with Crippen LogP contribution < -0.4 is 5.32 Å². The highest BCUT2D eigenvalue weighted by Gasteiger charge is 2.21. The summed E-state index contributed by atoms with van der Waals surface area (Å²) < 4.78 is 0. The number of nitrogens with one attached hydrogen (secondary N) is 1. The normalized spacial score (nSPS) is 13.4. The third-order valence-electron chi connectivity index (χ3n) is 2.97. The van der Waals surface area contributed by atoms with E-state index in [0.29, 0.717) is 13.0 Å². The molecule has 0 saturated heterocycles. The van der Waals surface area contributed by atoms with Gasteiger partial charge in [0.2, 0.25) is 0 Å². The minimum Gasteiger partial charge on any atom is -0.393 e. The molecule has 0 saturated carbocycles. The number of carbonyl (C=O) groups excluding carboxylic acids is 1. The van der Waals surface area contributed by atoms with Crippen molar-refractivity contribution < 1.29 is 9.90 Å². The minimum absolute atomic E-state index is 0.0186. The van der Waals surface area contributed by atoms with Crippen molar-refractivity contribution in [3.8, 4) is 0 Å². The summed E-state index contributed by atoms with van der Waals surface area (Å²) in [5.74, 6) is -0.0186. The number of thiophene rings is 1. The molecule has 0 radical (unpaired) electrons. The molecule has 0 aromatic carbocycles. The highest BCUT2D eigenvalue weighted by Crippen LogP contribution is 2.23. The first kappa shape index (κ1) is 15.2. The Balaban J connectivity index is 2.56. The predicted octanol–water partition coefficient (Wildman–Crippen LogP) is 2.89. The summed E-state index contributed by atoms with van der Waals surface area (Å²) in [7, 11) is 0. The Morgan fingerprint density at radius 3 is 2.56 bits per heavy atom. The Hall–Kier alpha value is -0.870. The standard InChI is InChI=1S/C14H23NO2S/c1-9-6-12(18-11(9)3)13(17)15-8-14(4,5)7-10(2)16/h6,10,16H,7-8H2,1-5H3,(H,15,17). The fraction of sp³-hybridized carbons (Fsp3) is 0.643. The highest BCUT2D eigenvalue weighted by atomic mass is 32.1. The van der Waals surface area contributed by atoms with Gasteiger partial charge >= 0.3 is 0 Å². The van der Waals surface area contributed by atoms with Gasteiger partial charge in [0, 0.05) is 11.4 Å². The maximum atomic E-state index is 12.0. The van der Waals surface area contributed by atoms with E-state index in [1.807, 2.05) is 33.8 Å². The molecule has 1 aromatic heterocycles. The monoisotopic (exact) mass is 269 g/mol. The lowest BCUT2D eigenvalue weighted by molar-refractivity contribution is 0.0906. The molecule has 1 unspecified atom stereocenters. The molecule has 0 aliphatic heterocycles. The molecule has 2 N–H and O–H groups in total. The maximum Gasteiger partial charge on any atom is 0.261 e. The van der Waals surface area contributed by atoms with E-state index < -0.39 is 0 Å². The third-order valence-corrected chi connectivity index (χ3v) is 4.12. The van der Waals surface area contributed by atoms with E-state index in [-0.39, 0.29) is 17.4 Å². The molecule has 1 amide bonds. The lowest BCUT2D eigenvalue weighted by Gasteiger charge is -2.26. The number of rotatable bonds is 5. The van der Waals surface area contributed by atoms with Gasteiger partial charge < -0.3 is 10.4 Å². The molecule has 1 atom stereocenters. The zero-order valence-corrected chi connectivity index (χ0v) is 12.6. The molecule has 3 nitrogen and oxygen atoms in total. The van der Waals surface area contributed by atoms with Crippen molar-refractivity contribution in [1.82, 2.24) is 5.32 Å². The second kappa shape index (κ2) is 5.85. The lowest BCUT2D eigenvalue weighted by atomic mass is 9.87. The Morgan fingerprint density at radius 1 is 1.50 bits per heavy atom. The second-order valence-electron chi connectivity index (χ2n) is 5.75. The van der Waals surface area contributed by atoms with Crippen molar-refractivity contribution in [3.63, 3.8) is 0 Å². The molecule has 1 aromatic rings. The van der Waals surface area contributed by atoms with Crippen molar-refractivity contribution in [2.45, 2.75) is 47.1 Å². The maximum absolute atomic E-state index is 12.0. The van der Waals surface area contributed by atoms with E-state index in [2.05, 4.69) is 5.32 Å². The van der Waals surface area contributed by atoms with E-state index in [4.69, 9.17) is 0 Å². The largest absolute Gasteiger partial charge is 0.393 e. The van der Waals surface area contributed by atoms with E-state index in [0.717, 1.165) is 10.4 Å². The second-order valence-corrected chi connectivity index (χ2v) is 7.01. The van der Waals surface area contributed by atoms with Crippen LogP contribution in [0.25, 0.3) is 0 Å². The summed E-state index contributed by atoms with van der Waals surface area (Å²) in [6, 6.07) is 1.93. The van der Waals surface area contributed by atoms with Crippen LogP contribution in [0.3, 0.4) is 0 Å². The predicted molar refractivity (Wildman–Crippen MR) is 76.2 cm³/mol. The first-order valence-corrected chi connectivity index (χ1v) is 7.06. The molecular weight excluding hydrogens is 246 g/mol. The van der Waals surface area contributed by atoms with Crippen LogP contribution in [0.1, 0.15) is 47.3 Å². The van der Waals surface area contributed by atoms with Gasteiger partial charge in [-0.15, -0.1) is 11.3 Å². The van der Waals surface area contributed by atoms with Crippen LogP contribution in [0, 0.1) is 19.3 Å². The lowest BCUT2D eigenvalue weighted by Crippen LogP contribution is -2.35. The van der Waals surface area contributed by atoms with Crippen LogP contribution in [-0.4, -0.2) is 23.7 Å². The quantitative estimate of drug-likeness (QED) is 0.863. The molecule has 0 aliphatic rings. The molecule has 1 heterocycles. The summed E-state index contributed by atoms with van der Waals surface area (Å²) >= 11 is 1.53. The summed E-state index contributed by atoms with van der Waals surface area (Å²) in [5.41, 5.74) is 1.07. The van der Waals surface area contributed by atoms with Gasteiger partial charge in [0.25, 0.3) is 5.91 Å². The first-order valence-electron chi connectivity index (χ1n) is 6.24. The number of carbonyl (C=O) groups is 1. The number of aliphatic hydroxyl groups is 1. The number of aliphatic hydroxyl groups excluding tert-OH is 1. The number of hydrogen-bond donors (Lipinski definition) is 2. The van der Waals surface area contributed by atoms with Crippen LogP contribution in [0.4, 0.5) is 0 Å². The van der Waals surface area contributed by atoms with E-state index in [1.165, 1.54) is 16.2 Å². The van der Waals surface area contributed by atoms with Gasteiger partial charge in [-0.3, -0.25) is 4.79 Å². The van der Waals surface area contributed by atoms with Crippen LogP contribution in [0.2, 0.25) is 0 Å². The fourth-order valence-electron chi connectivity index (χ4n) is 1.96. The highest BCUT2D eigenvalue weighted by molar-refractivity contribution is 7.14. The van der Waals surface area contributed by atoms with Gasteiger partial charge in [0.1, 0.15) is 0 Å².